The van der Waals surface area contributed by atoms with Crippen molar-refractivity contribution >= 4 is 28.8 Å². The zero-order chi connectivity index (χ0) is 20.7. The molecule has 1 amide bonds. The maximum absolute atomic E-state index is 13.0. The number of carbonyl (C=O) groups excluding carboxylic acids is 2. The Labute approximate surface area is 177 Å². The van der Waals surface area contributed by atoms with Gasteiger partial charge in [-0.05, 0) is 60.2 Å². The van der Waals surface area contributed by atoms with Crippen molar-refractivity contribution in [1.29, 1.82) is 0 Å². The van der Waals surface area contributed by atoms with Crippen molar-refractivity contribution in [3.63, 3.8) is 0 Å². The van der Waals surface area contributed by atoms with Crippen LogP contribution in [0.1, 0.15) is 34.2 Å². The number of carbonyl (C=O) groups is 2. The number of nitrogens with zero attached hydrogens (tertiary/aromatic N) is 1. The summed E-state index contributed by atoms with van der Waals surface area (Å²) < 4.78 is 11.2. The lowest BCUT2D eigenvalue weighted by Crippen LogP contribution is -2.28. The van der Waals surface area contributed by atoms with E-state index in [1.165, 1.54) is 22.5 Å². The van der Waals surface area contributed by atoms with Crippen molar-refractivity contribution in [2.24, 2.45) is 0 Å². The molecule has 7 heteroatoms. The molecule has 6 nitrogen and oxygen atoms in total. The smallest absolute Gasteiger partial charge is 0.296 e. The summed E-state index contributed by atoms with van der Waals surface area (Å²) >= 11 is 1.51. The molecule has 1 atom stereocenters. The van der Waals surface area contributed by atoms with E-state index < -0.39 is 17.7 Å². The van der Waals surface area contributed by atoms with Crippen LogP contribution < -0.4 is 4.74 Å². The number of furan rings is 1. The molecule has 4 heterocycles. The van der Waals surface area contributed by atoms with Crippen molar-refractivity contribution in [2.75, 3.05) is 6.61 Å². The highest BCUT2D eigenvalue weighted by Crippen LogP contribution is 2.41. The Morgan fingerprint density at radius 2 is 2.10 bits per heavy atom. The summed E-state index contributed by atoms with van der Waals surface area (Å²) in [4.78, 5) is 28.3. The molecule has 1 aromatic carbocycles. The molecular formula is C23H19NO5S. The van der Waals surface area contributed by atoms with Gasteiger partial charge in [-0.1, -0.05) is 6.07 Å². The van der Waals surface area contributed by atoms with Crippen LogP contribution in [0.4, 0.5) is 0 Å². The van der Waals surface area contributed by atoms with Crippen molar-refractivity contribution in [3.8, 4) is 5.75 Å². The molecule has 1 saturated heterocycles. The van der Waals surface area contributed by atoms with Gasteiger partial charge in [0.25, 0.3) is 11.7 Å². The lowest BCUT2D eigenvalue weighted by atomic mass is 9.96. The third-order valence-corrected chi connectivity index (χ3v) is 6.30. The number of hydrogen-bond acceptors (Lipinski definition) is 6. The minimum absolute atomic E-state index is 0.0446. The van der Waals surface area contributed by atoms with Gasteiger partial charge in [-0.15, -0.1) is 11.3 Å². The second-order valence-electron chi connectivity index (χ2n) is 7.30. The minimum atomic E-state index is -0.783. The third kappa shape index (κ3) is 3.11. The van der Waals surface area contributed by atoms with E-state index in [0.29, 0.717) is 17.9 Å². The number of aliphatic hydroxyl groups excluding tert-OH is 1. The number of thiophene rings is 1. The van der Waals surface area contributed by atoms with E-state index in [9.17, 15) is 14.7 Å². The summed E-state index contributed by atoms with van der Waals surface area (Å²) in [5.41, 5.74) is 1.51. The Bertz CT molecular complexity index is 1130. The van der Waals surface area contributed by atoms with Crippen LogP contribution in [0, 0.1) is 0 Å². The summed E-state index contributed by atoms with van der Waals surface area (Å²) in [5, 5.41) is 13.0. The Hall–Kier alpha value is -3.32. The van der Waals surface area contributed by atoms with E-state index in [2.05, 4.69) is 0 Å². The van der Waals surface area contributed by atoms with Gasteiger partial charge in [0.1, 0.15) is 23.3 Å². The largest absolute Gasteiger partial charge is 0.507 e. The van der Waals surface area contributed by atoms with Gasteiger partial charge >= 0.3 is 0 Å². The Balaban J connectivity index is 1.61. The summed E-state index contributed by atoms with van der Waals surface area (Å²) in [6.45, 7) is 0.938. The highest BCUT2D eigenvalue weighted by Gasteiger charge is 2.47. The Morgan fingerprint density at radius 1 is 1.20 bits per heavy atom. The van der Waals surface area contributed by atoms with Gasteiger partial charge < -0.3 is 19.2 Å². The third-order valence-electron chi connectivity index (χ3n) is 5.44. The van der Waals surface area contributed by atoms with Crippen LogP contribution in [0.25, 0.3) is 5.76 Å². The molecule has 1 unspecified atom stereocenters. The fourth-order valence-electron chi connectivity index (χ4n) is 4.02. The van der Waals surface area contributed by atoms with Crippen molar-refractivity contribution in [1.82, 2.24) is 4.90 Å². The predicted octanol–water partition coefficient (Wildman–Crippen LogP) is 4.29. The van der Waals surface area contributed by atoms with Crippen molar-refractivity contribution in [3.05, 3.63) is 81.4 Å². The average Bonchev–Trinajstić information content (AvgIpc) is 3.52. The topological polar surface area (TPSA) is 80.0 Å². The van der Waals surface area contributed by atoms with Gasteiger partial charge in [-0.3, -0.25) is 9.59 Å². The molecule has 152 valence electrons. The quantitative estimate of drug-likeness (QED) is 0.386. The van der Waals surface area contributed by atoms with Crippen molar-refractivity contribution < 1.29 is 23.8 Å². The van der Waals surface area contributed by atoms with Crippen LogP contribution in [0.15, 0.2) is 64.1 Å². The van der Waals surface area contributed by atoms with E-state index in [-0.39, 0.29) is 17.9 Å². The molecule has 1 N–H and O–H groups in total. The molecule has 2 aliphatic heterocycles. The van der Waals surface area contributed by atoms with Crippen LogP contribution in [0.5, 0.6) is 5.75 Å². The number of amides is 1. The van der Waals surface area contributed by atoms with Gasteiger partial charge in [0.2, 0.25) is 0 Å². The lowest BCUT2D eigenvalue weighted by molar-refractivity contribution is -0.140. The number of ketones is 1. The molecule has 0 aliphatic carbocycles. The summed E-state index contributed by atoms with van der Waals surface area (Å²) in [6, 6.07) is 11.8. The molecule has 30 heavy (non-hydrogen) atoms. The standard InChI is InChI=1S/C23H19NO5S/c25-21(15-7-8-17-14(12-15)4-1-9-28-17)19-20(18-6-2-10-29-18)24(23(27)22(19)26)13-16-5-3-11-30-16/h2-3,5-8,10-12,20,25H,1,4,9,13H2/b21-19-. The number of aryl methyl sites for hydroxylation is 1. The normalized spacial score (nSPS) is 20.3. The van der Waals surface area contributed by atoms with Crippen LogP contribution in [0.3, 0.4) is 0 Å². The van der Waals surface area contributed by atoms with Gasteiger partial charge in [-0.25, -0.2) is 0 Å². The van der Waals surface area contributed by atoms with E-state index in [1.54, 1.807) is 24.3 Å². The number of benzene rings is 1. The van der Waals surface area contributed by atoms with Crippen LogP contribution >= 0.6 is 11.3 Å². The first kappa shape index (κ1) is 18.7. The van der Waals surface area contributed by atoms with Crippen LogP contribution in [-0.4, -0.2) is 28.3 Å². The second-order valence-corrected chi connectivity index (χ2v) is 8.33. The van der Waals surface area contributed by atoms with E-state index in [0.717, 1.165) is 29.0 Å². The maximum Gasteiger partial charge on any atom is 0.296 e. The molecule has 5 rings (SSSR count). The van der Waals surface area contributed by atoms with Crippen LogP contribution in [0.2, 0.25) is 0 Å². The highest BCUT2D eigenvalue weighted by molar-refractivity contribution is 7.09. The highest BCUT2D eigenvalue weighted by atomic mass is 32.1. The number of rotatable bonds is 4. The number of fused-ring (bicyclic) bond motifs is 1. The van der Waals surface area contributed by atoms with E-state index in [1.807, 2.05) is 23.6 Å². The number of likely N-dealkylation sites (tertiary alicyclic amines) is 1. The van der Waals surface area contributed by atoms with E-state index in [4.69, 9.17) is 9.15 Å². The first-order valence-corrected chi connectivity index (χ1v) is 10.6. The van der Waals surface area contributed by atoms with Crippen molar-refractivity contribution in [2.45, 2.75) is 25.4 Å². The maximum atomic E-state index is 13.0. The summed E-state index contributed by atoms with van der Waals surface area (Å²) in [6.07, 6.45) is 3.23. The molecule has 0 bridgehead atoms. The molecule has 0 spiro atoms. The molecule has 0 saturated carbocycles. The zero-order valence-electron chi connectivity index (χ0n) is 16.0. The summed E-state index contributed by atoms with van der Waals surface area (Å²) in [5.74, 6) is -0.323. The monoisotopic (exact) mass is 421 g/mol. The fraction of sp³-hybridized carbons (Fsp3) is 0.217. The Kier molecular flexibility index (Phi) is 4.67. The number of aliphatic hydroxyl groups is 1. The SMILES string of the molecule is O=C1C(=O)N(Cc2cccs2)C(c2ccco2)/C1=C(/O)c1ccc2c(c1)CCCO2. The molecule has 2 aliphatic rings. The Morgan fingerprint density at radius 3 is 2.87 bits per heavy atom. The predicted molar refractivity (Wildman–Crippen MR) is 111 cm³/mol. The molecule has 2 aromatic heterocycles. The van der Waals surface area contributed by atoms with Crippen LogP contribution in [-0.2, 0) is 22.6 Å². The van der Waals surface area contributed by atoms with Gasteiger partial charge in [0.15, 0.2) is 0 Å². The van der Waals surface area contributed by atoms with E-state index >= 15 is 0 Å². The first-order chi connectivity index (χ1) is 14.6. The lowest BCUT2D eigenvalue weighted by Gasteiger charge is -2.23. The van der Waals surface area contributed by atoms with Gasteiger partial charge in [-0.2, -0.15) is 0 Å². The molecular weight excluding hydrogens is 402 g/mol. The number of Topliss-reactive ketones (excluding diaryl/α,β-unsaturated/α-hetero) is 1. The summed E-state index contributed by atoms with van der Waals surface area (Å²) in [7, 11) is 0. The molecule has 3 aromatic rings. The number of ether oxygens (including phenoxy) is 1. The van der Waals surface area contributed by atoms with Gasteiger partial charge in [0.05, 0.1) is 25.0 Å². The molecule has 1 fully saturated rings. The minimum Gasteiger partial charge on any atom is -0.507 e. The second kappa shape index (κ2) is 7.50. The first-order valence-electron chi connectivity index (χ1n) is 9.74. The average molecular weight is 421 g/mol. The van der Waals surface area contributed by atoms with Gasteiger partial charge in [0, 0.05) is 10.4 Å². The molecule has 0 radical (unpaired) electrons. The fourth-order valence-corrected chi connectivity index (χ4v) is 4.72. The number of hydrogen-bond donors (Lipinski definition) is 1. The zero-order valence-corrected chi connectivity index (χ0v) is 16.9.